The van der Waals surface area contributed by atoms with Crippen molar-refractivity contribution in [1.82, 2.24) is 15.1 Å². The summed E-state index contributed by atoms with van der Waals surface area (Å²) in [6, 6.07) is 4.32. The molecule has 0 aliphatic rings. The van der Waals surface area contributed by atoms with E-state index in [-0.39, 0.29) is 0 Å². The molecule has 0 aliphatic heterocycles. The summed E-state index contributed by atoms with van der Waals surface area (Å²) in [5, 5.41) is 9.98. The zero-order valence-electron chi connectivity index (χ0n) is 10.0. The molecule has 0 bridgehead atoms. The number of aromatic nitrogens is 2. The second kappa shape index (κ2) is 5.80. The summed E-state index contributed by atoms with van der Waals surface area (Å²) >= 11 is 5.23. The largest absolute Gasteiger partial charge is 0.306 e. The van der Waals surface area contributed by atoms with Gasteiger partial charge in [0.15, 0.2) is 0 Å². The molecule has 0 unspecified atom stereocenters. The van der Waals surface area contributed by atoms with Gasteiger partial charge in [-0.15, -0.1) is 11.3 Å². The van der Waals surface area contributed by atoms with Crippen molar-refractivity contribution >= 4 is 27.3 Å². The molecule has 0 aliphatic carbocycles. The Bertz CT molecular complexity index is 490. The lowest BCUT2D eigenvalue weighted by molar-refractivity contribution is 0.626. The summed E-state index contributed by atoms with van der Waals surface area (Å²) in [5.74, 6) is 0. The van der Waals surface area contributed by atoms with Crippen LogP contribution in [-0.2, 0) is 26.6 Å². The number of rotatable bonds is 5. The second-order valence-electron chi connectivity index (χ2n) is 3.94. The normalized spacial score (nSPS) is 11.0. The SMILES string of the molecule is CCc1cc(CNCc2cc(Br)cs2)n(C)n1. The van der Waals surface area contributed by atoms with Gasteiger partial charge in [0.1, 0.15) is 0 Å². The highest BCUT2D eigenvalue weighted by Crippen LogP contribution is 2.19. The van der Waals surface area contributed by atoms with Crippen LogP contribution < -0.4 is 5.32 Å². The average Bonchev–Trinajstić information content (AvgIpc) is 2.86. The van der Waals surface area contributed by atoms with E-state index < -0.39 is 0 Å². The number of nitrogens with one attached hydrogen (secondary N) is 1. The van der Waals surface area contributed by atoms with Gasteiger partial charge in [-0.1, -0.05) is 6.92 Å². The molecule has 0 atom stereocenters. The highest BCUT2D eigenvalue weighted by Gasteiger charge is 2.03. The van der Waals surface area contributed by atoms with E-state index in [1.807, 2.05) is 11.7 Å². The molecule has 0 amide bonds. The minimum atomic E-state index is 0.860. The van der Waals surface area contributed by atoms with E-state index in [2.05, 4.69) is 50.8 Å². The first-order chi connectivity index (χ1) is 8.19. The van der Waals surface area contributed by atoms with Crippen molar-refractivity contribution in [3.63, 3.8) is 0 Å². The quantitative estimate of drug-likeness (QED) is 0.919. The molecular formula is C12H16BrN3S. The standard InChI is InChI=1S/C12H16BrN3S/c1-3-10-5-11(16(2)15-10)6-14-7-12-4-9(13)8-17-12/h4-5,8,14H,3,6-7H2,1-2H3. The molecule has 2 aromatic heterocycles. The Morgan fingerprint density at radius 1 is 1.41 bits per heavy atom. The molecule has 3 nitrogen and oxygen atoms in total. The highest BCUT2D eigenvalue weighted by molar-refractivity contribution is 9.10. The van der Waals surface area contributed by atoms with Gasteiger partial charge in [0.05, 0.1) is 11.4 Å². The molecule has 0 spiro atoms. The maximum Gasteiger partial charge on any atom is 0.0625 e. The highest BCUT2D eigenvalue weighted by atomic mass is 79.9. The lowest BCUT2D eigenvalue weighted by Gasteiger charge is -2.03. The van der Waals surface area contributed by atoms with Crippen LogP contribution in [-0.4, -0.2) is 9.78 Å². The molecule has 1 N–H and O–H groups in total. The molecule has 0 radical (unpaired) electrons. The predicted octanol–water partition coefficient (Wildman–Crippen LogP) is 3.10. The Labute approximate surface area is 114 Å². The van der Waals surface area contributed by atoms with Gasteiger partial charge in [0.25, 0.3) is 0 Å². The fraction of sp³-hybridized carbons (Fsp3) is 0.417. The molecule has 2 heterocycles. The van der Waals surface area contributed by atoms with Crippen molar-refractivity contribution in [1.29, 1.82) is 0 Å². The number of halogens is 1. The molecule has 17 heavy (non-hydrogen) atoms. The van der Waals surface area contributed by atoms with Gasteiger partial charge >= 0.3 is 0 Å². The summed E-state index contributed by atoms with van der Waals surface area (Å²) in [4.78, 5) is 1.34. The Kier molecular flexibility index (Phi) is 4.36. The van der Waals surface area contributed by atoms with Crippen LogP contribution in [0.4, 0.5) is 0 Å². The minimum absolute atomic E-state index is 0.860. The minimum Gasteiger partial charge on any atom is -0.306 e. The first kappa shape index (κ1) is 12.8. The van der Waals surface area contributed by atoms with Crippen molar-refractivity contribution in [2.45, 2.75) is 26.4 Å². The Morgan fingerprint density at radius 3 is 2.82 bits per heavy atom. The van der Waals surface area contributed by atoms with Crippen molar-refractivity contribution in [3.8, 4) is 0 Å². The van der Waals surface area contributed by atoms with Gasteiger partial charge in [-0.2, -0.15) is 5.10 Å². The zero-order valence-corrected chi connectivity index (χ0v) is 12.4. The predicted molar refractivity (Wildman–Crippen MR) is 75.1 cm³/mol. The van der Waals surface area contributed by atoms with Crippen molar-refractivity contribution < 1.29 is 0 Å². The molecular weight excluding hydrogens is 298 g/mol. The first-order valence-corrected chi connectivity index (χ1v) is 7.31. The molecule has 0 saturated carbocycles. The van der Waals surface area contributed by atoms with Crippen LogP contribution in [0, 0.1) is 0 Å². The van der Waals surface area contributed by atoms with Crippen LogP contribution in [0.2, 0.25) is 0 Å². The van der Waals surface area contributed by atoms with Gasteiger partial charge in [0.2, 0.25) is 0 Å². The average molecular weight is 314 g/mol. The molecule has 0 fully saturated rings. The molecule has 92 valence electrons. The van der Waals surface area contributed by atoms with Gasteiger partial charge in [-0.3, -0.25) is 4.68 Å². The van der Waals surface area contributed by atoms with Gasteiger partial charge in [0, 0.05) is 34.9 Å². The summed E-state index contributed by atoms with van der Waals surface area (Å²) in [6.07, 6.45) is 0.992. The van der Waals surface area contributed by atoms with Crippen LogP contribution >= 0.6 is 27.3 Å². The third-order valence-corrected chi connectivity index (χ3v) is 4.31. The third-order valence-electron chi connectivity index (χ3n) is 2.62. The van der Waals surface area contributed by atoms with Crippen molar-refractivity contribution in [2.75, 3.05) is 0 Å². The first-order valence-electron chi connectivity index (χ1n) is 5.64. The topological polar surface area (TPSA) is 29.9 Å². The van der Waals surface area contributed by atoms with E-state index in [0.29, 0.717) is 0 Å². The smallest absolute Gasteiger partial charge is 0.0625 e. The van der Waals surface area contributed by atoms with E-state index in [0.717, 1.165) is 29.7 Å². The fourth-order valence-electron chi connectivity index (χ4n) is 1.67. The van der Waals surface area contributed by atoms with Crippen LogP contribution in [0.25, 0.3) is 0 Å². The summed E-state index contributed by atoms with van der Waals surface area (Å²) < 4.78 is 3.11. The van der Waals surface area contributed by atoms with Crippen LogP contribution in [0.15, 0.2) is 22.0 Å². The number of hydrogen-bond acceptors (Lipinski definition) is 3. The second-order valence-corrected chi connectivity index (χ2v) is 5.85. The van der Waals surface area contributed by atoms with Crippen LogP contribution in [0.5, 0.6) is 0 Å². The van der Waals surface area contributed by atoms with E-state index >= 15 is 0 Å². The Balaban J connectivity index is 1.87. The number of aryl methyl sites for hydroxylation is 2. The summed E-state index contributed by atoms with van der Waals surface area (Å²) in [7, 11) is 2.00. The van der Waals surface area contributed by atoms with Crippen LogP contribution in [0.3, 0.4) is 0 Å². The number of thiophene rings is 1. The molecule has 2 rings (SSSR count). The summed E-state index contributed by atoms with van der Waals surface area (Å²) in [5.41, 5.74) is 2.39. The fourth-order valence-corrected chi connectivity index (χ4v) is 3.09. The zero-order chi connectivity index (χ0) is 12.3. The molecule has 5 heteroatoms. The Hall–Kier alpha value is -0.650. The van der Waals surface area contributed by atoms with Gasteiger partial charge in [-0.05, 0) is 34.5 Å². The maximum atomic E-state index is 4.43. The van der Waals surface area contributed by atoms with Crippen molar-refractivity contribution in [2.24, 2.45) is 7.05 Å². The molecule has 0 aromatic carbocycles. The van der Waals surface area contributed by atoms with Crippen molar-refractivity contribution in [3.05, 3.63) is 38.3 Å². The summed E-state index contributed by atoms with van der Waals surface area (Å²) in [6.45, 7) is 3.89. The van der Waals surface area contributed by atoms with E-state index in [9.17, 15) is 0 Å². The lowest BCUT2D eigenvalue weighted by Crippen LogP contribution is -2.14. The van der Waals surface area contributed by atoms with Gasteiger partial charge < -0.3 is 5.32 Å². The van der Waals surface area contributed by atoms with E-state index in [4.69, 9.17) is 0 Å². The van der Waals surface area contributed by atoms with E-state index in [1.165, 1.54) is 10.6 Å². The lowest BCUT2D eigenvalue weighted by atomic mass is 10.3. The van der Waals surface area contributed by atoms with E-state index in [1.54, 1.807) is 11.3 Å². The van der Waals surface area contributed by atoms with Gasteiger partial charge in [-0.25, -0.2) is 0 Å². The monoisotopic (exact) mass is 313 g/mol. The molecule has 0 saturated heterocycles. The number of nitrogens with zero attached hydrogens (tertiary/aromatic N) is 2. The molecule has 2 aromatic rings. The van der Waals surface area contributed by atoms with Crippen LogP contribution in [0.1, 0.15) is 23.2 Å². The maximum absolute atomic E-state index is 4.43. The number of hydrogen-bond donors (Lipinski definition) is 1. The Morgan fingerprint density at radius 2 is 2.24 bits per heavy atom. The third kappa shape index (κ3) is 3.40.